The molecule has 0 bridgehead atoms. The van der Waals surface area contributed by atoms with E-state index >= 15 is 0 Å². The molecule has 18 heavy (non-hydrogen) atoms. The molecule has 2 rings (SSSR count). The molecular weight excluding hydrogens is 297 g/mol. The third-order valence-electron chi connectivity index (χ3n) is 3.45. The van der Waals surface area contributed by atoms with Gasteiger partial charge in [-0.05, 0) is 37.0 Å². The van der Waals surface area contributed by atoms with Gasteiger partial charge >= 0.3 is 0 Å². The number of amides is 1. The maximum absolute atomic E-state index is 13.6. The fourth-order valence-electron chi connectivity index (χ4n) is 2.50. The van der Waals surface area contributed by atoms with E-state index in [9.17, 15) is 9.18 Å². The van der Waals surface area contributed by atoms with Crippen molar-refractivity contribution in [2.75, 3.05) is 0 Å². The second kappa shape index (κ2) is 5.83. The first kappa shape index (κ1) is 13.5. The highest BCUT2D eigenvalue weighted by atomic mass is 79.9. The van der Waals surface area contributed by atoms with Crippen molar-refractivity contribution < 1.29 is 9.18 Å². The van der Waals surface area contributed by atoms with Gasteiger partial charge in [-0.2, -0.15) is 0 Å². The highest BCUT2D eigenvalue weighted by Gasteiger charge is 2.22. The van der Waals surface area contributed by atoms with Crippen LogP contribution >= 0.6 is 15.9 Å². The van der Waals surface area contributed by atoms with Crippen LogP contribution in [-0.4, -0.2) is 11.9 Å². The predicted molar refractivity (Wildman–Crippen MR) is 73.0 cm³/mol. The van der Waals surface area contributed by atoms with Gasteiger partial charge in [0.25, 0.3) is 5.91 Å². The van der Waals surface area contributed by atoms with Crippen LogP contribution in [0.3, 0.4) is 0 Å². The second-order valence-corrected chi connectivity index (χ2v) is 5.98. The summed E-state index contributed by atoms with van der Waals surface area (Å²) < 4.78 is 14.3. The summed E-state index contributed by atoms with van der Waals surface area (Å²) in [5.41, 5.74) is 0.122. The van der Waals surface area contributed by atoms with Gasteiger partial charge < -0.3 is 5.32 Å². The quantitative estimate of drug-likeness (QED) is 0.881. The molecule has 1 amide bonds. The van der Waals surface area contributed by atoms with Crippen LogP contribution in [0, 0.1) is 11.7 Å². The van der Waals surface area contributed by atoms with Crippen LogP contribution in [0.15, 0.2) is 22.7 Å². The Morgan fingerprint density at radius 3 is 2.89 bits per heavy atom. The molecule has 0 spiro atoms. The lowest BCUT2D eigenvalue weighted by Gasteiger charge is -2.27. The number of carbonyl (C=O) groups is 1. The number of halogens is 2. The molecule has 0 saturated heterocycles. The highest BCUT2D eigenvalue weighted by molar-refractivity contribution is 9.10. The molecule has 2 unspecified atom stereocenters. The fourth-order valence-corrected chi connectivity index (χ4v) is 2.84. The van der Waals surface area contributed by atoms with Gasteiger partial charge in [0.05, 0.1) is 5.56 Å². The number of carbonyl (C=O) groups excluding carboxylic acids is 1. The van der Waals surface area contributed by atoms with Crippen LogP contribution in [0.2, 0.25) is 0 Å². The van der Waals surface area contributed by atoms with Gasteiger partial charge in [0, 0.05) is 10.5 Å². The van der Waals surface area contributed by atoms with E-state index in [1.807, 2.05) is 0 Å². The van der Waals surface area contributed by atoms with Crippen molar-refractivity contribution in [1.82, 2.24) is 5.32 Å². The molecule has 2 atom stereocenters. The molecular formula is C14H17BrFNO. The number of benzene rings is 1. The van der Waals surface area contributed by atoms with Gasteiger partial charge in [0.1, 0.15) is 5.82 Å². The Morgan fingerprint density at radius 1 is 1.44 bits per heavy atom. The molecule has 1 saturated carbocycles. The van der Waals surface area contributed by atoms with E-state index in [-0.39, 0.29) is 17.5 Å². The minimum absolute atomic E-state index is 0.122. The Labute approximate surface area is 115 Å². The average Bonchev–Trinajstić information content (AvgIpc) is 2.28. The Hall–Kier alpha value is -0.900. The van der Waals surface area contributed by atoms with E-state index in [0.717, 1.165) is 19.3 Å². The molecule has 98 valence electrons. The molecule has 0 radical (unpaired) electrons. The minimum atomic E-state index is -0.481. The lowest BCUT2D eigenvalue weighted by molar-refractivity contribution is 0.0917. The minimum Gasteiger partial charge on any atom is -0.349 e. The van der Waals surface area contributed by atoms with Crippen molar-refractivity contribution in [3.05, 3.63) is 34.1 Å². The van der Waals surface area contributed by atoms with Crippen molar-refractivity contribution in [3.8, 4) is 0 Å². The van der Waals surface area contributed by atoms with E-state index in [2.05, 4.69) is 28.2 Å². The third kappa shape index (κ3) is 3.31. The van der Waals surface area contributed by atoms with Crippen LogP contribution < -0.4 is 5.32 Å². The van der Waals surface area contributed by atoms with Crippen molar-refractivity contribution in [1.29, 1.82) is 0 Å². The van der Waals surface area contributed by atoms with Crippen LogP contribution in [0.5, 0.6) is 0 Å². The molecule has 1 aliphatic rings. The van der Waals surface area contributed by atoms with Crippen LogP contribution in [-0.2, 0) is 0 Å². The maximum atomic E-state index is 13.6. The van der Waals surface area contributed by atoms with Crippen molar-refractivity contribution in [2.24, 2.45) is 5.92 Å². The second-order valence-electron chi connectivity index (χ2n) is 5.07. The molecule has 1 aromatic carbocycles. The first-order chi connectivity index (χ1) is 8.56. The lowest BCUT2D eigenvalue weighted by atomic mass is 9.87. The monoisotopic (exact) mass is 313 g/mol. The van der Waals surface area contributed by atoms with Gasteiger partial charge in [-0.3, -0.25) is 4.79 Å². The largest absolute Gasteiger partial charge is 0.349 e. The number of nitrogens with one attached hydrogen (secondary N) is 1. The normalized spacial score (nSPS) is 23.7. The smallest absolute Gasteiger partial charge is 0.254 e. The zero-order valence-corrected chi connectivity index (χ0v) is 12.0. The van der Waals surface area contributed by atoms with Gasteiger partial charge in [0.15, 0.2) is 0 Å². The molecule has 2 nitrogen and oxygen atoms in total. The average molecular weight is 314 g/mol. The topological polar surface area (TPSA) is 29.1 Å². The zero-order valence-electron chi connectivity index (χ0n) is 10.4. The molecule has 1 fully saturated rings. The van der Waals surface area contributed by atoms with E-state index in [1.165, 1.54) is 18.6 Å². The molecule has 0 aromatic heterocycles. The molecule has 1 aliphatic carbocycles. The van der Waals surface area contributed by atoms with Crippen molar-refractivity contribution >= 4 is 21.8 Å². The van der Waals surface area contributed by atoms with Crippen LogP contribution in [0.4, 0.5) is 4.39 Å². The van der Waals surface area contributed by atoms with Gasteiger partial charge in [-0.25, -0.2) is 4.39 Å². The van der Waals surface area contributed by atoms with Gasteiger partial charge in [0.2, 0.25) is 0 Å². The molecule has 1 N–H and O–H groups in total. The molecule has 0 heterocycles. The van der Waals surface area contributed by atoms with Crippen LogP contribution in [0.25, 0.3) is 0 Å². The summed E-state index contributed by atoms with van der Waals surface area (Å²) >= 11 is 3.18. The summed E-state index contributed by atoms with van der Waals surface area (Å²) in [6.07, 6.45) is 4.34. The summed E-state index contributed by atoms with van der Waals surface area (Å²) in [4.78, 5) is 12.0. The Kier molecular flexibility index (Phi) is 4.38. The predicted octanol–water partition coefficient (Wildman–Crippen LogP) is 3.90. The fraction of sp³-hybridized carbons (Fsp3) is 0.500. The SMILES string of the molecule is CC1CCCC(NC(=O)c2ccc(Br)cc2F)C1. The Bertz CT molecular complexity index is 449. The summed E-state index contributed by atoms with van der Waals surface area (Å²) in [6.45, 7) is 2.19. The molecule has 1 aromatic rings. The summed E-state index contributed by atoms with van der Waals surface area (Å²) in [5, 5.41) is 2.93. The zero-order chi connectivity index (χ0) is 13.1. The summed E-state index contributed by atoms with van der Waals surface area (Å²) in [5.74, 6) is -0.149. The number of hydrogen-bond acceptors (Lipinski definition) is 1. The standard InChI is InChI=1S/C14H17BrFNO/c1-9-3-2-4-11(7-9)17-14(18)12-6-5-10(15)8-13(12)16/h5-6,8-9,11H,2-4,7H2,1H3,(H,17,18). The first-order valence-corrected chi connectivity index (χ1v) is 7.11. The Morgan fingerprint density at radius 2 is 2.22 bits per heavy atom. The van der Waals surface area contributed by atoms with E-state index in [4.69, 9.17) is 0 Å². The summed E-state index contributed by atoms with van der Waals surface area (Å²) in [7, 11) is 0. The highest BCUT2D eigenvalue weighted by Crippen LogP contribution is 2.24. The van der Waals surface area contributed by atoms with E-state index in [0.29, 0.717) is 10.4 Å². The third-order valence-corrected chi connectivity index (χ3v) is 3.94. The van der Waals surface area contributed by atoms with Gasteiger partial charge in [-0.15, -0.1) is 0 Å². The first-order valence-electron chi connectivity index (χ1n) is 6.32. The number of hydrogen-bond donors (Lipinski definition) is 1. The lowest BCUT2D eigenvalue weighted by Crippen LogP contribution is -2.38. The Balaban J connectivity index is 2.03. The molecule has 0 aliphatic heterocycles. The summed E-state index contributed by atoms with van der Waals surface area (Å²) in [6, 6.07) is 4.70. The molecule has 4 heteroatoms. The van der Waals surface area contributed by atoms with Crippen molar-refractivity contribution in [2.45, 2.75) is 38.6 Å². The number of rotatable bonds is 2. The maximum Gasteiger partial charge on any atom is 0.254 e. The van der Waals surface area contributed by atoms with Crippen LogP contribution in [0.1, 0.15) is 43.0 Å². The van der Waals surface area contributed by atoms with Crippen molar-refractivity contribution in [3.63, 3.8) is 0 Å². The van der Waals surface area contributed by atoms with E-state index < -0.39 is 5.82 Å². The van der Waals surface area contributed by atoms with E-state index in [1.54, 1.807) is 6.07 Å². The van der Waals surface area contributed by atoms with Gasteiger partial charge in [-0.1, -0.05) is 35.7 Å².